The maximum Gasteiger partial charge on any atom is 0.0326 e. The molecule has 64 valence electrons. The lowest BCUT2D eigenvalue weighted by atomic mass is 10.0. The van der Waals surface area contributed by atoms with Crippen LogP contribution in [-0.4, -0.2) is 0 Å². The first-order chi connectivity index (χ1) is 5.79. The Kier molecular flexibility index (Phi) is 1.89. The summed E-state index contributed by atoms with van der Waals surface area (Å²) in [5.74, 6) is 1.56. The molecule has 1 aliphatic rings. The van der Waals surface area contributed by atoms with Gasteiger partial charge in [0, 0.05) is 6.04 Å². The van der Waals surface area contributed by atoms with Crippen LogP contribution in [0.3, 0.4) is 0 Å². The van der Waals surface area contributed by atoms with Crippen molar-refractivity contribution in [2.45, 2.75) is 19.4 Å². The molecule has 3 atom stereocenters. The molecule has 1 aliphatic carbocycles. The summed E-state index contributed by atoms with van der Waals surface area (Å²) in [4.78, 5) is 0. The smallest absolute Gasteiger partial charge is 0.0326 e. The molecule has 0 aromatic heterocycles. The minimum Gasteiger partial charge on any atom is -0.324 e. The van der Waals surface area contributed by atoms with Gasteiger partial charge < -0.3 is 5.73 Å². The van der Waals surface area contributed by atoms with Crippen LogP contribution in [0.4, 0.5) is 0 Å². The highest BCUT2D eigenvalue weighted by molar-refractivity contribution is 5.20. The van der Waals surface area contributed by atoms with E-state index < -0.39 is 0 Å². The Morgan fingerprint density at radius 2 is 1.92 bits per heavy atom. The maximum absolute atomic E-state index is 6.09. The van der Waals surface area contributed by atoms with E-state index in [0.717, 1.165) is 11.8 Å². The topological polar surface area (TPSA) is 26.0 Å². The Hall–Kier alpha value is -0.820. The van der Waals surface area contributed by atoms with E-state index in [4.69, 9.17) is 5.73 Å². The fraction of sp³-hybridized carbons (Fsp3) is 0.455. The van der Waals surface area contributed by atoms with Crippen molar-refractivity contribution in [3.8, 4) is 0 Å². The molecule has 0 unspecified atom stereocenters. The van der Waals surface area contributed by atoms with Crippen LogP contribution in [0.5, 0.6) is 0 Å². The first kappa shape index (κ1) is 7.81. The molecule has 1 aromatic carbocycles. The monoisotopic (exact) mass is 161 g/mol. The molecule has 0 bridgehead atoms. The second-order valence-corrected chi connectivity index (χ2v) is 3.81. The number of nitrogens with two attached hydrogens (primary N) is 1. The Labute approximate surface area is 73.6 Å². The van der Waals surface area contributed by atoms with E-state index in [-0.39, 0.29) is 6.04 Å². The van der Waals surface area contributed by atoms with Crippen molar-refractivity contribution in [1.82, 2.24) is 0 Å². The third-order valence-electron chi connectivity index (χ3n) is 2.82. The van der Waals surface area contributed by atoms with Crippen LogP contribution in [-0.2, 0) is 0 Å². The zero-order valence-electron chi connectivity index (χ0n) is 7.40. The number of benzene rings is 1. The average Bonchev–Trinajstić information content (AvgIpc) is 2.83. The minimum atomic E-state index is 0.265. The van der Waals surface area contributed by atoms with Crippen LogP contribution in [0.15, 0.2) is 30.3 Å². The van der Waals surface area contributed by atoms with Crippen LogP contribution >= 0.6 is 0 Å². The maximum atomic E-state index is 6.09. The quantitative estimate of drug-likeness (QED) is 0.708. The zero-order chi connectivity index (χ0) is 8.55. The fourth-order valence-electron chi connectivity index (χ4n) is 1.77. The zero-order valence-corrected chi connectivity index (χ0v) is 7.40. The van der Waals surface area contributed by atoms with Gasteiger partial charge in [-0.25, -0.2) is 0 Å². The van der Waals surface area contributed by atoms with Crippen molar-refractivity contribution in [1.29, 1.82) is 0 Å². The second-order valence-electron chi connectivity index (χ2n) is 3.81. The summed E-state index contributed by atoms with van der Waals surface area (Å²) >= 11 is 0. The molecule has 1 heteroatoms. The highest BCUT2D eigenvalue weighted by Gasteiger charge is 2.37. The SMILES string of the molecule is C[C@H]1C[C@@H]1[C@@H](N)c1ccccc1. The van der Waals surface area contributed by atoms with Crippen molar-refractivity contribution in [2.24, 2.45) is 17.6 Å². The molecule has 0 amide bonds. The Balaban J connectivity index is 2.10. The van der Waals surface area contributed by atoms with Crippen molar-refractivity contribution < 1.29 is 0 Å². The molecule has 0 aliphatic heterocycles. The fourth-order valence-corrected chi connectivity index (χ4v) is 1.77. The van der Waals surface area contributed by atoms with E-state index in [1.807, 2.05) is 6.07 Å². The molecule has 1 saturated carbocycles. The van der Waals surface area contributed by atoms with Gasteiger partial charge in [0.1, 0.15) is 0 Å². The number of hydrogen-bond acceptors (Lipinski definition) is 1. The summed E-state index contributed by atoms with van der Waals surface area (Å²) in [5, 5.41) is 0. The highest BCUT2D eigenvalue weighted by atomic mass is 14.7. The Morgan fingerprint density at radius 3 is 2.42 bits per heavy atom. The van der Waals surface area contributed by atoms with Crippen LogP contribution < -0.4 is 5.73 Å². The third-order valence-corrected chi connectivity index (χ3v) is 2.82. The lowest BCUT2D eigenvalue weighted by molar-refractivity contribution is 0.593. The van der Waals surface area contributed by atoms with Gasteiger partial charge in [-0.1, -0.05) is 37.3 Å². The van der Waals surface area contributed by atoms with Gasteiger partial charge >= 0.3 is 0 Å². The minimum absolute atomic E-state index is 0.265. The van der Waals surface area contributed by atoms with Gasteiger partial charge in [-0.3, -0.25) is 0 Å². The molecule has 0 heterocycles. The highest BCUT2D eigenvalue weighted by Crippen LogP contribution is 2.45. The predicted molar refractivity (Wildman–Crippen MR) is 50.6 cm³/mol. The predicted octanol–water partition coefficient (Wildman–Crippen LogP) is 2.34. The van der Waals surface area contributed by atoms with E-state index >= 15 is 0 Å². The summed E-state index contributed by atoms with van der Waals surface area (Å²) < 4.78 is 0. The summed E-state index contributed by atoms with van der Waals surface area (Å²) in [6.07, 6.45) is 1.30. The van der Waals surface area contributed by atoms with E-state index in [9.17, 15) is 0 Å². The Morgan fingerprint density at radius 1 is 1.33 bits per heavy atom. The molecule has 2 N–H and O–H groups in total. The van der Waals surface area contributed by atoms with Gasteiger partial charge in [0.05, 0.1) is 0 Å². The van der Waals surface area contributed by atoms with E-state index in [0.29, 0.717) is 0 Å². The van der Waals surface area contributed by atoms with Crippen molar-refractivity contribution in [2.75, 3.05) is 0 Å². The molecular formula is C11H15N. The normalized spacial score (nSPS) is 29.8. The molecule has 1 nitrogen and oxygen atoms in total. The van der Waals surface area contributed by atoms with Crippen LogP contribution in [0.25, 0.3) is 0 Å². The second kappa shape index (κ2) is 2.91. The van der Waals surface area contributed by atoms with Crippen molar-refractivity contribution in [3.05, 3.63) is 35.9 Å². The van der Waals surface area contributed by atoms with E-state index in [1.165, 1.54) is 12.0 Å². The number of rotatable bonds is 2. The van der Waals surface area contributed by atoms with Gasteiger partial charge in [-0.05, 0) is 23.8 Å². The largest absolute Gasteiger partial charge is 0.324 e. The van der Waals surface area contributed by atoms with Gasteiger partial charge in [0.25, 0.3) is 0 Å². The molecule has 1 aromatic rings. The molecule has 1 fully saturated rings. The van der Waals surface area contributed by atoms with Crippen LogP contribution in [0, 0.1) is 11.8 Å². The lowest BCUT2D eigenvalue weighted by Crippen LogP contribution is -2.12. The van der Waals surface area contributed by atoms with Gasteiger partial charge in [0.2, 0.25) is 0 Å². The van der Waals surface area contributed by atoms with Crippen molar-refractivity contribution >= 4 is 0 Å². The van der Waals surface area contributed by atoms with Crippen LogP contribution in [0.2, 0.25) is 0 Å². The third kappa shape index (κ3) is 1.37. The molecule has 0 saturated heterocycles. The summed E-state index contributed by atoms with van der Waals surface area (Å²) in [5.41, 5.74) is 7.37. The van der Waals surface area contributed by atoms with Crippen molar-refractivity contribution in [3.63, 3.8) is 0 Å². The van der Waals surface area contributed by atoms with Crippen LogP contribution in [0.1, 0.15) is 24.9 Å². The first-order valence-corrected chi connectivity index (χ1v) is 4.59. The molecular weight excluding hydrogens is 146 g/mol. The Bertz CT molecular complexity index is 255. The molecule has 2 rings (SSSR count). The molecule has 12 heavy (non-hydrogen) atoms. The van der Waals surface area contributed by atoms with E-state index in [2.05, 4.69) is 31.2 Å². The molecule has 0 spiro atoms. The van der Waals surface area contributed by atoms with E-state index in [1.54, 1.807) is 0 Å². The van der Waals surface area contributed by atoms with Gasteiger partial charge in [-0.15, -0.1) is 0 Å². The molecule has 0 radical (unpaired) electrons. The lowest BCUT2D eigenvalue weighted by Gasteiger charge is -2.10. The summed E-state index contributed by atoms with van der Waals surface area (Å²) in [6, 6.07) is 10.7. The summed E-state index contributed by atoms with van der Waals surface area (Å²) in [6.45, 7) is 2.27. The average molecular weight is 161 g/mol. The number of hydrogen-bond donors (Lipinski definition) is 1. The van der Waals surface area contributed by atoms with Gasteiger partial charge in [0.15, 0.2) is 0 Å². The first-order valence-electron chi connectivity index (χ1n) is 4.59. The summed E-state index contributed by atoms with van der Waals surface area (Å²) in [7, 11) is 0. The standard InChI is InChI=1S/C11H15N/c1-8-7-10(8)11(12)9-5-3-2-4-6-9/h2-6,8,10-11H,7,12H2,1H3/t8-,10-,11-/m0/s1. The van der Waals surface area contributed by atoms with Gasteiger partial charge in [-0.2, -0.15) is 0 Å².